The van der Waals surface area contributed by atoms with Gasteiger partial charge in [0.05, 0.1) is 12.1 Å². The first-order valence-corrected chi connectivity index (χ1v) is 9.40. The Kier molecular flexibility index (Phi) is 6.09. The van der Waals surface area contributed by atoms with Gasteiger partial charge in [0.1, 0.15) is 6.10 Å². The molecule has 2 N–H and O–H groups in total. The minimum absolute atomic E-state index is 0.0608. The highest BCUT2D eigenvalue weighted by Gasteiger charge is 2.39. The summed E-state index contributed by atoms with van der Waals surface area (Å²) >= 11 is 0. The molecular weight excluding hydrogens is 356 g/mol. The fraction of sp³-hybridized carbons (Fsp3) is 0.318. The first-order chi connectivity index (χ1) is 13.5. The molecule has 0 aromatic heterocycles. The average Bonchev–Trinajstić information content (AvgIpc) is 3.09. The van der Waals surface area contributed by atoms with E-state index in [9.17, 15) is 14.4 Å². The SMILES string of the molecule is CCc1ccc(C(=O)N2C[C@H](CC(N)=O)[C@H](OC(=O)c3ccccc3)C2)cc1. The Bertz CT molecular complexity index is 849. The molecule has 3 rings (SSSR count). The minimum atomic E-state index is -0.570. The maximum Gasteiger partial charge on any atom is 0.338 e. The first-order valence-electron chi connectivity index (χ1n) is 9.40. The molecule has 146 valence electrons. The summed E-state index contributed by atoms with van der Waals surface area (Å²) in [6, 6.07) is 16.1. The van der Waals surface area contributed by atoms with Crippen LogP contribution in [0.3, 0.4) is 0 Å². The Hall–Kier alpha value is -3.15. The summed E-state index contributed by atoms with van der Waals surface area (Å²) in [5.41, 5.74) is 7.52. The predicted octanol–water partition coefficient (Wildman–Crippen LogP) is 2.42. The molecule has 0 radical (unpaired) electrons. The maximum atomic E-state index is 12.8. The molecular formula is C22H24N2O4. The second-order valence-corrected chi connectivity index (χ2v) is 7.00. The van der Waals surface area contributed by atoms with Gasteiger partial charge >= 0.3 is 5.97 Å². The van der Waals surface area contributed by atoms with Crippen LogP contribution in [0.25, 0.3) is 0 Å². The smallest absolute Gasteiger partial charge is 0.338 e. The van der Waals surface area contributed by atoms with Crippen LogP contribution in [0.5, 0.6) is 0 Å². The Morgan fingerprint density at radius 2 is 1.68 bits per heavy atom. The molecule has 1 saturated heterocycles. The molecule has 2 aromatic carbocycles. The number of nitrogens with two attached hydrogens (primary N) is 1. The molecule has 2 aromatic rings. The lowest BCUT2D eigenvalue weighted by atomic mass is 10.0. The van der Waals surface area contributed by atoms with Gasteiger partial charge < -0.3 is 15.4 Å². The van der Waals surface area contributed by atoms with E-state index in [1.165, 1.54) is 0 Å². The number of esters is 1. The number of carbonyl (C=O) groups is 3. The number of hydrogen-bond acceptors (Lipinski definition) is 4. The summed E-state index contributed by atoms with van der Waals surface area (Å²) in [6.45, 7) is 2.62. The molecule has 0 saturated carbocycles. The number of amides is 2. The van der Waals surface area contributed by atoms with Crippen LogP contribution in [0, 0.1) is 5.92 Å². The lowest BCUT2D eigenvalue weighted by molar-refractivity contribution is -0.119. The Morgan fingerprint density at radius 1 is 1.00 bits per heavy atom. The van der Waals surface area contributed by atoms with Crippen molar-refractivity contribution in [3.8, 4) is 0 Å². The van der Waals surface area contributed by atoms with Crippen molar-refractivity contribution in [1.82, 2.24) is 4.90 Å². The highest BCUT2D eigenvalue weighted by Crippen LogP contribution is 2.26. The van der Waals surface area contributed by atoms with Crippen LogP contribution in [-0.2, 0) is 16.0 Å². The second kappa shape index (κ2) is 8.69. The zero-order chi connectivity index (χ0) is 20.1. The number of primary amides is 1. The van der Waals surface area contributed by atoms with Gasteiger partial charge in [-0.1, -0.05) is 37.3 Å². The van der Waals surface area contributed by atoms with Gasteiger partial charge in [0.2, 0.25) is 5.91 Å². The van der Waals surface area contributed by atoms with Crippen LogP contribution in [0.2, 0.25) is 0 Å². The Morgan fingerprint density at radius 3 is 2.29 bits per heavy atom. The quantitative estimate of drug-likeness (QED) is 0.780. The summed E-state index contributed by atoms with van der Waals surface area (Å²) in [5.74, 6) is -1.41. The largest absolute Gasteiger partial charge is 0.457 e. The van der Waals surface area contributed by atoms with Gasteiger partial charge in [-0.05, 0) is 36.2 Å². The fourth-order valence-corrected chi connectivity index (χ4v) is 3.44. The molecule has 28 heavy (non-hydrogen) atoms. The summed E-state index contributed by atoms with van der Waals surface area (Å²) in [7, 11) is 0. The van der Waals surface area contributed by atoms with Crippen molar-refractivity contribution < 1.29 is 19.1 Å². The number of rotatable bonds is 6. The number of aryl methyl sites for hydroxylation is 1. The second-order valence-electron chi connectivity index (χ2n) is 7.00. The molecule has 6 heteroatoms. The molecule has 0 unspecified atom stereocenters. The third-order valence-corrected chi connectivity index (χ3v) is 5.01. The molecule has 0 aliphatic carbocycles. The van der Waals surface area contributed by atoms with E-state index < -0.39 is 18.0 Å². The van der Waals surface area contributed by atoms with E-state index in [0.717, 1.165) is 12.0 Å². The lowest BCUT2D eigenvalue weighted by Crippen LogP contribution is -2.31. The van der Waals surface area contributed by atoms with Crippen LogP contribution in [0.15, 0.2) is 54.6 Å². The standard InChI is InChI=1S/C22H24N2O4/c1-2-15-8-10-16(11-9-15)21(26)24-13-18(12-20(23)25)19(14-24)28-22(27)17-6-4-3-5-7-17/h3-11,18-19H,2,12-14H2,1H3,(H2,23,25)/t18-,19+/m0/s1. The molecule has 2 atom stereocenters. The van der Waals surface area contributed by atoms with Crippen molar-refractivity contribution in [2.45, 2.75) is 25.9 Å². The summed E-state index contributed by atoms with van der Waals surface area (Å²) < 4.78 is 5.62. The molecule has 6 nitrogen and oxygen atoms in total. The lowest BCUT2D eigenvalue weighted by Gasteiger charge is -2.17. The van der Waals surface area contributed by atoms with Gasteiger partial charge in [0, 0.05) is 24.4 Å². The fourth-order valence-electron chi connectivity index (χ4n) is 3.44. The van der Waals surface area contributed by atoms with Crippen molar-refractivity contribution in [2.75, 3.05) is 13.1 Å². The molecule has 2 amide bonds. The highest BCUT2D eigenvalue weighted by molar-refractivity contribution is 5.94. The molecule has 1 fully saturated rings. The normalized spacial score (nSPS) is 18.7. The van der Waals surface area contributed by atoms with Crippen molar-refractivity contribution in [2.24, 2.45) is 11.7 Å². The topological polar surface area (TPSA) is 89.7 Å². The van der Waals surface area contributed by atoms with Crippen molar-refractivity contribution >= 4 is 17.8 Å². The van der Waals surface area contributed by atoms with Crippen LogP contribution < -0.4 is 5.73 Å². The minimum Gasteiger partial charge on any atom is -0.457 e. The predicted molar refractivity (Wildman–Crippen MR) is 105 cm³/mol. The molecule has 1 aliphatic rings. The van der Waals surface area contributed by atoms with E-state index in [4.69, 9.17) is 10.5 Å². The maximum absolute atomic E-state index is 12.8. The van der Waals surface area contributed by atoms with Gasteiger partial charge in [-0.25, -0.2) is 4.79 Å². The van der Waals surface area contributed by atoms with Crippen LogP contribution >= 0.6 is 0 Å². The van der Waals surface area contributed by atoms with Gasteiger partial charge in [-0.3, -0.25) is 9.59 Å². The van der Waals surface area contributed by atoms with Crippen LogP contribution in [0.1, 0.15) is 39.6 Å². The molecule has 0 bridgehead atoms. The number of carbonyl (C=O) groups excluding carboxylic acids is 3. The average molecular weight is 380 g/mol. The summed E-state index contributed by atoms with van der Waals surface area (Å²) in [5, 5.41) is 0. The number of ether oxygens (including phenoxy) is 1. The van der Waals surface area contributed by atoms with Gasteiger partial charge in [0.15, 0.2) is 0 Å². The van der Waals surface area contributed by atoms with E-state index in [-0.39, 0.29) is 24.8 Å². The van der Waals surface area contributed by atoms with Crippen LogP contribution in [0.4, 0.5) is 0 Å². The van der Waals surface area contributed by atoms with E-state index >= 15 is 0 Å². The first kappa shape index (κ1) is 19.6. The van der Waals surface area contributed by atoms with E-state index in [2.05, 4.69) is 6.92 Å². The van der Waals surface area contributed by atoms with E-state index in [1.807, 2.05) is 18.2 Å². The zero-order valence-electron chi connectivity index (χ0n) is 15.8. The Labute approximate surface area is 164 Å². The van der Waals surface area contributed by atoms with Gasteiger partial charge in [0.25, 0.3) is 5.91 Å². The molecule has 0 spiro atoms. The monoisotopic (exact) mass is 380 g/mol. The van der Waals surface area contributed by atoms with Crippen LogP contribution in [-0.4, -0.2) is 41.9 Å². The zero-order valence-corrected chi connectivity index (χ0v) is 15.8. The van der Waals surface area contributed by atoms with Crippen molar-refractivity contribution in [3.05, 3.63) is 71.3 Å². The number of nitrogens with zero attached hydrogens (tertiary/aromatic N) is 1. The summed E-state index contributed by atoms with van der Waals surface area (Å²) in [6.07, 6.45) is 0.390. The summed E-state index contributed by atoms with van der Waals surface area (Å²) in [4.78, 5) is 38.3. The van der Waals surface area contributed by atoms with Gasteiger partial charge in [-0.15, -0.1) is 0 Å². The number of likely N-dealkylation sites (tertiary alicyclic amines) is 1. The number of hydrogen-bond donors (Lipinski definition) is 1. The molecule has 1 heterocycles. The van der Waals surface area contributed by atoms with Gasteiger partial charge in [-0.2, -0.15) is 0 Å². The van der Waals surface area contributed by atoms with E-state index in [0.29, 0.717) is 17.7 Å². The Balaban J connectivity index is 1.73. The highest BCUT2D eigenvalue weighted by atomic mass is 16.5. The molecule has 1 aliphatic heterocycles. The third-order valence-electron chi connectivity index (χ3n) is 5.01. The van der Waals surface area contributed by atoms with Crippen molar-refractivity contribution in [1.29, 1.82) is 0 Å². The number of benzene rings is 2. The third kappa shape index (κ3) is 4.57. The van der Waals surface area contributed by atoms with Crippen molar-refractivity contribution in [3.63, 3.8) is 0 Å². The van der Waals surface area contributed by atoms with E-state index in [1.54, 1.807) is 41.3 Å².